The largest absolute Gasteiger partial charge is 0.507 e. The number of rotatable bonds is 0. The second kappa shape index (κ2) is 3.40. The molecule has 3 rings (SSSR count). The molecule has 0 bridgehead atoms. The Kier molecular flexibility index (Phi) is 1.98. The summed E-state index contributed by atoms with van der Waals surface area (Å²) in [5.74, 6) is -1.19. The molecule has 0 saturated heterocycles. The van der Waals surface area contributed by atoms with E-state index in [4.69, 9.17) is 4.42 Å². The second-order valence-corrected chi connectivity index (χ2v) is 3.89. The summed E-state index contributed by atoms with van der Waals surface area (Å²) in [6.07, 6.45) is 0. The molecule has 1 aromatic heterocycles. The molecule has 90 valence electrons. The SMILES string of the molecule is O=c1c2c(O)cccc2oc2ccc(O)c(O)c12. The van der Waals surface area contributed by atoms with Gasteiger partial charge in [-0.3, -0.25) is 4.79 Å². The van der Waals surface area contributed by atoms with E-state index in [-0.39, 0.29) is 27.7 Å². The molecule has 5 nitrogen and oxygen atoms in total. The molecule has 5 heteroatoms. The minimum absolute atomic E-state index is 0.0223. The highest BCUT2D eigenvalue weighted by molar-refractivity contribution is 5.96. The van der Waals surface area contributed by atoms with Crippen molar-refractivity contribution < 1.29 is 19.7 Å². The van der Waals surface area contributed by atoms with Crippen molar-refractivity contribution in [2.45, 2.75) is 0 Å². The summed E-state index contributed by atoms with van der Waals surface area (Å²) in [6.45, 7) is 0. The van der Waals surface area contributed by atoms with Crippen LogP contribution in [0.15, 0.2) is 39.5 Å². The van der Waals surface area contributed by atoms with Crippen LogP contribution in [0.25, 0.3) is 21.9 Å². The standard InChI is InChI=1S/C13H8O5/c14-6-2-1-3-8-10(6)13(17)11-9(18-8)5-4-7(15)12(11)16/h1-5,14-16H. The minimum atomic E-state index is -0.585. The fraction of sp³-hybridized carbons (Fsp3) is 0. The van der Waals surface area contributed by atoms with Crippen molar-refractivity contribution in [2.24, 2.45) is 0 Å². The van der Waals surface area contributed by atoms with E-state index < -0.39 is 16.9 Å². The van der Waals surface area contributed by atoms with E-state index in [1.165, 1.54) is 18.2 Å². The van der Waals surface area contributed by atoms with Gasteiger partial charge in [-0.2, -0.15) is 0 Å². The Morgan fingerprint density at radius 1 is 0.833 bits per heavy atom. The van der Waals surface area contributed by atoms with Crippen molar-refractivity contribution in [3.63, 3.8) is 0 Å². The number of benzene rings is 2. The Morgan fingerprint density at radius 2 is 1.56 bits per heavy atom. The molecule has 3 N–H and O–H groups in total. The molecule has 0 unspecified atom stereocenters. The molecule has 3 aromatic rings. The topological polar surface area (TPSA) is 90.9 Å². The van der Waals surface area contributed by atoms with Gasteiger partial charge in [0.15, 0.2) is 11.5 Å². The summed E-state index contributed by atoms with van der Waals surface area (Å²) in [7, 11) is 0. The van der Waals surface area contributed by atoms with E-state index in [9.17, 15) is 20.1 Å². The van der Waals surface area contributed by atoms with Crippen molar-refractivity contribution in [3.8, 4) is 17.2 Å². The first-order valence-corrected chi connectivity index (χ1v) is 5.19. The highest BCUT2D eigenvalue weighted by atomic mass is 16.3. The van der Waals surface area contributed by atoms with Crippen LogP contribution in [-0.4, -0.2) is 15.3 Å². The van der Waals surface area contributed by atoms with Crippen LogP contribution in [0.5, 0.6) is 17.2 Å². The van der Waals surface area contributed by atoms with Gasteiger partial charge in [0.1, 0.15) is 27.7 Å². The lowest BCUT2D eigenvalue weighted by atomic mass is 10.1. The lowest BCUT2D eigenvalue weighted by molar-refractivity contribution is 0.407. The molecule has 1 heterocycles. The molecule has 0 radical (unpaired) electrons. The molecule has 0 amide bonds. The third kappa shape index (κ3) is 1.24. The number of phenols is 3. The maximum absolute atomic E-state index is 12.2. The number of fused-ring (bicyclic) bond motifs is 2. The van der Waals surface area contributed by atoms with E-state index in [2.05, 4.69) is 0 Å². The van der Waals surface area contributed by atoms with E-state index in [0.29, 0.717) is 0 Å². The van der Waals surface area contributed by atoms with E-state index >= 15 is 0 Å². The van der Waals surface area contributed by atoms with Crippen LogP contribution in [0.3, 0.4) is 0 Å². The van der Waals surface area contributed by atoms with Crippen LogP contribution in [0.2, 0.25) is 0 Å². The Balaban J connectivity index is 2.68. The van der Waals surface area contributed by atoms with Gasteiger partial charge in [-0.25, -0.2) is 0 Å². The molecule has 0 spiro atoms. The van der Waals surface area contributed by atoms with Gasteiger partial charge in [0.05, 0.1) is 0 Å². The molecule has 0 saturated carbocycles. The highest BCUT2D eigenvalue weighted by Crippen LogP contribution is 2.34. The van der Waals surface area contributed by atoms with Gasteiger partial charge in [0.2, 0.25) is 5.43 Å². The Hall–Kier alpha value is -2.69. The highest BCUT2D eigenvalue weighted by Gasteiger charge is 2.16. The van der Waals surface area contributed by atoms with Gasteiger partial charge in [0, 0.05) is 0 Å². The van der Waals surface area contributed by atoms with E-state index in [0.717, 1.165) is 0 Å². The molecule has 0 aliphatic carbocycles. The normalized spacial score (nSPS) is 11.1. The molecule has 0 fully saturated rings. The zero-order chi connectivity index (χ0) is 12.9. The first-order valence-electron chi connectivity index (χ1n) is 5.19. The minimum Gasteiger partial charge on any atom is -0.507 e. The summed E-state index contributed by atoms with van der Waals surface area (Å²) >= 11 is 0. The zero-order valence-electron chi connectivity index (χ0n) is 9.04. The number of hydrogen-bond donors (Lipinski definition) is 3. The lowest BCUT2D eigenvalue weighted by Gasteiger charge is -2.05. The van der Waals surface area contributed by atoms with Crippen LogP contribution < -0.4 is 5.43 Å². The molecule has 18 heavy (non-hydrogen) atoms. The van der Waals surface area contributed by atoms with Crippen LogP contribution in [0, 0.1) is 0 Å². The van der Waals surface area contributed by atoms with Gasteiger partial charge >= 0.3 is 0 Å². The van der Waals surface area contributed by atoms with E-state index in [1.54, 1.807) is 12.1 Å². The zero-order valence-corrected chi connectivity index (χ0v) is 9.04. The number of hydrogen-bond acceptors (Lipinski definition) is 5. The molecule has 0 atom stereocenters. The van der Waals surface area contributed by atoms with Gasteiger partial charge in [-0.05, 0) is 24.3 Å². The Bertz CT molecular complexity index is 832. The predicted molar refractivity (Wildman–Crippen MR) is 65.0 cm³/mol. The lowest BCUT2D eigenvalue weighted by Crippen LogP contribution is -2.02. The molecular formula is C13H8O5. The summed E-state index contributed by atoms with van der Waals surface area (Å²) in [4.78, 5) is 12.2. The van der Waals surface area contributed by atoms with Crippen LogP contribution in [0.1, 0.15) is 0 Å². The van der Waals surface area contributed by atoms with Crippen molar-refractivity contribution >= 4 is 21.9 Å². The molecular weight excluding hydrogens is 236 g/mol. The maximum atomic E-state index is 12.2. The fourth-order valence-electron chi connectivity index (χ4n) is 1.94. The van der Waals surface area contributed by atoms with Crippen molar-refractivity contribution in [1.29, 1.82) is 0 Å². The first-order chi connectivity index (χ1) is 8.59. The smallest absolute Gasteiger partial charge is 0.208 e. The summed E-state index contributed by atoms with van der Waals surface area (Å²) in [6, 6.07) is 7.06. The average molecular weight is 244 g/mol. The molecule has 0 aliphatic heterocycles. The summed E-state index contributed by atoms with van der Waals surface area (Å²) in [5, 5.41) is 28.6. The van der Waals surface area contributed by atoms with Crippen molar-refractivity contribution in [2.75, 3.05) is 0 Å². The number of aromatic hydroxyl groups is 3. The van der Waals surface area contributed by atoms with E-state index in [1.807, 2.05) is 0 Å². The Morgan fingerprint density at radius 3 is 2.33 bits per heavy atom. The van der Waals surface area contributed by atoms with Crippen molar-refractivity contribution in [1.82, 2.24) is 0 Å². The van der Waals surface area contributed by atoms with Gasteiger partial charge < -0.3 is 19.7 Å². The van der Waals surface area contributed by atoms with Gasteiger partial charge in [0.25, 0.3) is 0 Å². The first kappa shape index (κ1) is 10.5. The van der Waals surface area contributed by atoms with Crippen LogP contribution >= 0.6 is 0 Å². The third-order valence-electron chi connectivity index (χ3n) is 2.80. The van der Waals surface area contributed by atoms with Crippen LogP contribution in [-0.2, 0) is 0 Å². The third-order valence-corrected chi connectivity index (χ3v) is 2.80. The summed E-state index contributed by atoms with van der Waals surface area (Å²) < 4.78 is 5.41. The average Bonchev–Trinajstić information content (AvgIpc) is 2.34. The maximum Gasteiger partial charge on any atom is 0.208 e. The monoisotopic (exact) mass is 244 g/mol. The molecule has 0 aliphatic rings. The number of phenolic OH excluding ortho intramolecular Hbond substituents is 3. The fourth-order valence-corrected chi connectivity index (χ4v) is 1.94. The van der Waals surface area contributed by atoms with Gasteiger partial charge in [-0.15, -0.1) is 0 Å². The predicted octanol–water partition coefficient (Wildman–Crippen LogP) is 2.06. The Labute approximate surface area is 100 Å². The quantitative estimate of drug-likeness (QED) is 0.416. The summed E-state index contributed by atoms with van der Waals surface area (Å²) in [5.41, 5.74) is -0.219. The van der Waals surface area contributed by atoms with Crippen molar-refractivity contribution in [3.05, 3.63) is 40.6 Å². The second-order valence-electron chi connectivity index (χ2n) is 3.89. The van der Waals surface area contributed by atoms with Crippen LogP contribution in [0.4, 0.5) is 0 Å². The molecule has 2 aromatic carbocycles. The van der Waals surface area contributed by atoms with Gasteiger partial charge in [-0.1, -0.05) is 6.07 Å².